The van der Waals surface area contributed by atoms with Gasteiger partial charge in [0.1, 0.15) is 6.07 Å². The number of rotatable bonds is 1. The molecular formula is C9H9BrN2O. The molecule has 0 aromatic carbocycles. The molecule has 1 aliphatic carbocycles. The smallest absolute Gasteiger partial charge is 0.197 e. The van der Waals surface area contributed by atoms with Crippen LogP contribution in [-0.2, 0) is 0 Å². The average molecular weight is 241 g/mol. The van der Waals surface area contributed by atoms with E-state index in [4.69, 9.17) is 9.78 Å². The molecule has 4 heteroatoms. The van der Waals surface area contributed by atoms with Gasteiger partial charge in [0.2, 0.25) is 0 Å². The lowest BCUT2D eigenvalue weighted by atomic mass is 10.1. The van der Waals surface area contributed by atoms with E-state index < -0.39 is 0 Å². The van der Waals surface area contributed by atoms with Crippen LogP contribution in [-0.4, -0.2) is 5.16 Å². The highest BCUT2D eigenvalue weighted by Crippen LogP contribution is 2.38. The summed E-state index contributed by atoms with van der Waals surface area (Å²) in [6.07, 6.45) is 4.80. The van der Waals surface area contributed by atoms with Gasteiger partial charge in [-0.25, -0.2) is 0 Å². The van der Waals surface area contributed by atoms with E-state index in [0.717, 1.165) is 23.1 Å². The number of hydrogen-bond donors (Lipinski definition) is 0. The molecule has 1 aromatic heterocycles. The Bertz CT molecular complexity index is 347. The molecule has 0 saturated heterocycles. The number of aromatic nitrogens is 1. The molecule has 1 aromatic rings. The van der Waals surface area contributed by atoms with E-state index >= 15 is 0 Å². The van der Waals surface area contributed by atoms with Gasteiger partial charge in [-0.3, -0.25) is 0 Å². The first kappa shape index (κ1) is 8.76. The molecule has 1 saturated carbocycles. The van der Waals surface area contributed by atoms with Crippen LogP contribution in [0.15, 0.2) is 9.00 Å². The van der Waals surface area contributed by atoms with Crippen molar-refractivity contribution in [2.24, 2.45) is 0 Å². The Morgan fingerprint density at radius 1 is 1.46 bits per heavy atom. The van der Waals surface area contributed by atoms with Gasteiger partial charge in [0.25, 0.3) is 0 Å². The third-order valence-corrected chi connectivity index (χ3v) is 3.26. The second kappa shape index (κ2) is 3.51. The van der Waals surface area contributed by atoms with E-state index in [1.54, 1.807) is 0 Å². The Kier molecular flexibility index (Phi) is 2.36. The molecule has 1 aliphatic rings. The van der Waals surface area contributed by atoms with Gasteiger partial charge < -0.3 is 4.52 Å². The molecular weight excluding hydrogens is 232 g/mol. The Labute approximate surface area is 84.8 Å². The van der Waals surface area contributed by atoms with E-state index in [9.17, 15) is 0 Å². The molecule has 0 spiro atoms. The molecule has 0 atom stereocenters. The first-order valence-corrected chi connectivity index (χ1v) is 5.17. The maximum absolute atomic E-state index is 8.67. The highest BCUT2D eigenvalue weighted by Gasteiger charge is 2.25. The summed E-state index contributed by atoms with van der Waals surface area (Å²) in [7, 11) is 0. The number of hydrogen-bond acceptors (Lipinski definition) is 3. The quantitative estimate of drug-likeness (QED) is 0.759. The Hall–Kier alpha value is -0.820. The van der Waals surface area contributed by atoms with Crippen LogP contribution in [0.1, 0.15) is 43.1 Å². The normalized spacial score (nSPS) is 17.5. The largest absolute Gasteiger partial charge is 0.359 e. The lowest BCUT2D eigenvalue weighted by molar-refractivity contribution is 0.358. The molecule has 0 N–H and O–H groups in total. The fourth-order valence-corrected chi connectivity index (χ4v) is 2.36. The average Bonchev–Trinajstić information content (AvgIpc) is 2.72. The van der Waals surface area contributed by atoms with Crippen molar-refractivity contribution in [3.8, 4) is 6.07 Å². The van der Waals surface area contributed by atoms with Gasteiger partial charge in [0.05, 0.1) is 4.47 Å². The summed E-state index contributed by atoms with van der Waals surface area (Å²) >= 11 is 3.34. The van der Waals surface area contributed by atoms with Crippen LogP contribution in [0.25, 0.3) is 0 Å². The highest BCUT2D eigenvalue weighted by atomic mass is 79.9. The Balaban J connectivity index is 2.30. The summed E-state index contributed by atoms with van der Waals surface area (Å²) in [5.74, 6) is 1.32. The van der Waals surface area contributed by atoms with E-state index in [1.165, 1.54) is 12.8 Å². The zero-order valence-corrected chi connectivity index (χ0v) is 8.67. The second-order valence-electron chi connectivity index (χ2n) is 3.30. The molecule has 68 valence electrons. The summed E-state index contributed by atoms with van der Waals surface area (Å²) in [6, 6.07) is 1.99. The van der Waals surface area contributed by atoms with Crippen LogP contribution in [0.4, 0.5) is 0 Å². The van der Waals surface area contributed by atoms with Gasteiger partial charge in [0, 0.05) is 5.92 Å². The predicted molar refractivity (Wildman–Crippen MR) is 50.1 cm³/mol. The fourth-order valence-electron chi connectivity index (χ4n) is 1.80. The van der Waals surface area contributed by atoms with E-state index in [2.05, 4.69) is 21.1 Å². The minimum absolute atomic E-state index is 0.363. The van der Waals surface area contributed by atoms with Crippen LogP contribution in [0.2, 0.25) is 0 Å². The monoisotopic (exact) mass is 240 g/mol. The summed E-state index contributed by atoms with van der Waals surface area (Å²) in [4.78, 5) is 0. The van der Waals surface area contributed by atoms with Crippen LogP contribution >= 0.6 is 15.9 Å². The molecule has 1 fully saturated rings. The van der Waals surface area contributed by atoms with Crippen molar-refractivity contribution in [1.29, 1.82) is 5.26 Å². The zero-order chi connectivity index (χ0) is 9.26. The standard InChI is InChI=1S/C9H9BrN2O/c10-8-7(5-11)12-13-9(8)6-3-1-2-4-6/h6H,1-4H2. The van der Waals surface area contributed by atoms with Crippen molar-refractivity contribution in [1.82, 2.24) is 5.16 Å². The minimum Gasteiger partial charge on any atom is -0.359 e. The molecule has 0 radical (unpaired) electrons. The number of nitriles is 1. The van der Waals surface area contributed by atoms with Crippen LogP contribution < -0.4 is 0 Å². The molecule has 3 nitrogen and oxygen atoms in total. The third kappa shape index (κ3) is 1.49. The number of nitrogens with zero attached hydrogens (tertiary/aromatic N) is 2. The van der Waals surface area contributed by atoms with Crippen molar-refractivity contribution in [3.63, 3.8) is 0 Å². The summed E-state index contributed by atoms with van der Waals surface area (Å²) < 4.78 is 5.90. The van der Waals surface area contributed by atoms with Crippen LogP contribution in [0, 0.1) is 11.3 Å². The van der Waals surface area contributed by atoms with E-state index in [0.29, 0.717) is 11.6 Å². The lowest BCUT2D eigenvalue weighted by Gasteiger charge is -2.02. The molecule has 1 heterocycles. The lowest BCUT2D eigenvalue weighted by Crippen LogP contribution is -1.90. The van der Waals surface area contributed by atoms with Gasteiger partial charge in [-0.05, 0) is 28.8 Å². The highest BCUT2D eigenvalue weighted by molar-refractivity contribution is 9.10. The van der Waals surface area contributed by atoms with Gasteiger partial charge in [-0.2, -0.15) is 5.26 Å². The second-order valence-corrected chi connectivity index (χ2v) is 4.10. The maximum Gasteiger partial charge on any atom is 0.197 e. The minimum atomic E-state index is 0.363. The molecule has 13 heavy (non-hydrogen) atoms. The van der Waals surface area contributed by atoms with Gasteiger partial charge in [-0.1, -0.05) is 18.0 Å². The first-order chi connectivity index (χ1) is 6.33. The van der Waals surface area contributed by atoms with Gasteiger partial charge >= 0.3 is 0 Å². The fraction of sp³-hybridized carbons (Fsp3) is 0.556. The van der Waals surface area contributed by atoms with E-state index in [-0.39, 0.29) is 0 Å². The molecule has 0 aliphatic heterocycles. The van der Waals surface area contributed by atoms with Gasteiger partial charge in [0.15, 0.2) is 11.5 Å². The Morgan fingerprint density at radius 3 is 2.69 bits per heavy atom. The predicted octanol–water partition coefficient (Wildman–Crippen LogP) is 2.97. The van der Waals surface area contributed by atoms with Crippen molar-refractivity contribution >= 4 is 15.9 Å². The number of halogens is 1. The van der Waals surface area contributed by atoms with Crippen molar-refractivity contribution < 1.29 is 4.52 Å². The molecule has 2 rings (SSSR count). The first-order valence-electron chi connectivity index (χ1n) is 4.38. The van der Waals surface area contributed by atoms with Crippen molar-refractivity contribution in [2.45, 2.75) is 31.6 Å². The zero-order valence-electron chi connectivity index (χ0n) is 7.09. The van der Waals surface area contributed by atoms with Gasteiger partial charge in [-0.15, -0.1) is 0 Å². The van der Waals surface area contributed by atoms with Crippen LogP contribution in [0.3, 0.4) is 0 Å². The Morgan fingerprint density at radius 2 is 2.15 bits per heavy atom. The summed E-state index contributed by atoms with van der Waals surface area (Å²) in [6.45, 7) is 0. The molecule has 0 unspecified atom stereocenters. The molecule has 0 bridgehead atoms. The topological polar surface area (TPSA) is 49.8 Å². The van der Waals surface area contributed by atoms with E-state index in [1.807, 2.05) is 6.07 Å². The SMILES string of the molecule is N#Cc1noc(C2CCCC2)c1Br. The van der Waals surface area contributed by atoms with Crippen molar-refractivity contribution in [2.75, 3.05) is 0 Å². The maximum atomic E-state index is 8.67. The summed E-state index contributed by atoms with van der Waals surface area (Å²) in [5, 5.41) is 12.4. The summed E-state index contributed by atoms with van der Waals surface area (Å²) in [5.41, 5.74) is 0.363. The third-order valence-electron chi connectivity index (χ3n) is 2.49. The van der Waals surface area contributed by atoms with Crippen LogP contribution in [0.5, 0.6) is 0 Å². The van der Waals surface area contributed by atoms with Crippen molar-refractivity contribution in [3.05, 3.63) is 15.9 Å². The molecule has 0 amide bonds.